The molecule has 2 aromatic carbocycles. The van der Waals surface area contributed by atoms with Crippen LogP contribution in [0.15, 0.2) is 60.8 Å². The molecule has 0 saturated carbocycles. The molecule has 5 nitrogen and oxygen atoms in total. The van der Waals surface area contributed by atoms with E-state index < -0.39 is 17.8 Å². The minimum atomic E-state index is -4.43. The van der Waals surface area contributed by atoms with Gasteiger partial charge in [0.2, 0.25) is 0 Å². The summed E-state index contributed by atoms with van der Waals surface area (Å²) in [7, 11) is 0. The summed E-state index contributed by atoms with van der Waals surface area (Å²) in [6.07, 6.45) is -2.33. The summed E-state index contributed by atoms with van der Waals surface area (Å²) in [5.74, 6) is 0.301. The second-order valence-electron chi connectivity index (χ2n) is 6.04. The van der Waals surface area contributed by atoms with Gasteiger partial charge in [0.25, 0.3) is 0 Å². The molecule has 8 heteroatoms. The van der Waals surface area contributed by atoms with E-state index in [0.29, 0.717) is 12.2 Å². The lowest BCUT2D eigenvalue weighted by atomic mass is 10.2. The fourth-order valence-corrected chi connectivity index (χ4v) is 2.69. The van der Waals surface area contributed by atoms with Crippen molar-refractivity contribution in [2.75, 3.05) is 5.32 Å². The molecule has 0 aliphatic heterocycles. The van der Waals surface area contributed by atoms with Gasteiger partial charge in [-0.05, 0) is 42.8 Å². The molecule has 3 rings (SSSR count). The van der Waals surface area contributed by atoms with Gasteiger partial charge in [-0.2, -0.15) is 18.3 Å². The second kappa shape index (κ2) is 8.16. The smallest absolute Gasteiger partial charge is 0.406 e. The lowest BCUT2D eigenvalue weighted by Gasteiger charge is -2.10. The van der Waals surface area contributed by atoms with Crippen LogP contribution in [0.5, 0.6) is 5.75 Å². The Morgan fingerprint density at radius 2 is 1.79 bits per heavy atom. The number of hydrogen-bond acceptors (Lipinski definition) is 3. The van der Waals surface area contributed by atoms with Crippen LogP contribution in [0.4, 0.5) is 23.7 Å². The van der Waals surface area contributed by atoms with Gasteiger partial charge in [0, 0.05) is 5.69 Å². The molecule has 0 saturated heterocycles. The number of alkyl halides is 3. The van der Waals surface area contributed by atoms with Crippen LogP contribution in [0.2, 0.25) is 0 Å². The van der Waals surface area contributed by atoms with Crippen molar-refractivity contribution < 1.29 is 22.7 Å². The van der Waals surface area contributed by atoms with E-state index >= 15 is 0 Å². The van der Waals surface area contributed by atoms with E-state index in [1.54, 1.807) is 4.68 Å². The molecule has 0 radical (unpaired) electrons. The molecule has 1 amide bonds. The summed E-state index contributed by atoms with van der Waals surface area (Å²) < 4.78 is 44.9. The summed E-state index contributed by atoms with van der Waals surface area (Å²) in [4.78, 5) is 12.2. The highest BCUT2D eigenvalue weighted by molar-refractivity contribution is 5.86. The fraction of sp³-hybridized carbons (Fsp3) is 0.200. The van der Waals surface area contributed by atoms with Gasteiger partial charge < -0.3 is 4.74 Å². The number of anilines is 1. The van der Waals surface area contributed by atoms with Crippen molar-refractivity contribution in [2.45, 2.75) is 25.9 Å². The largest absolute Gasteiger partial charge is 0.417 e. The highest BCUT2D eigenvalue weighted by Crippen LogP contribution is 2.30. The maximum atomic E-state index is 12.6. The molecule has 0 atom stereocenters. The number of carbonyl (C=O) groups is 1. The average molecular weight is 389 g/mol. The van der Waals surface area contributed by atoms with E-state index in [9.17, 15) is 18.0 Å². The fourth-order valence-electron chi connectivity index (χ4n) is 2.69. The number of aromatic nitrogens is 2. The topological polar surface area (TPSA) is 56.1 Å². The lowest BCUT2D eigenvalue weighted by Crippen LogP contribution is -2.17. The van der Waals surface area contributed by atoms with Crippen LogP contribution in [0.3, 0.4) is 0 Å². The summed E-state index contributed by atoms with van der Waals surface area (Å²) in [6, 6.07) is 13.6. The normalized spacial score (nSPS) is 11.3. The summed E-state index contributed by atoms with van der Waals surface area (Å²) in [6.45, 7) is 1.99. The first-order valence-corrected chi connectivity index (χ1v) is 8.67. The Kier molecular flexibility index (Phi) is 5.67. The predicted octanol–water partition coefficient (Wildman–Crippen LogP) is 5.45. The SMILES string of the molecule is CCCc1c(OC(=O)Nc2ccc(C(F)(F)F)cc2)cnn1-c1ccccc1. The standard InChI is InChI=1S/C20H18F3N3O2/c1-2-6-17-18(13-24-26(17)16-7-4-3-5-8-16)28-19(27)25-15-11-9-14(10-12-15)20(21,22)23/h3-5,7-13H,2,6H2,1H3,(H,25,27). The Labute approximate surface area is 159 Å². The number of nitrogens with zero attached hydrogens (tertiary/aromatic N) is 2. The average Bonchev–Trinajstić information content (AvgIpc) is 3.05. The molecule has 146 valence electrons. The van der Waals surface area contributed by atoms with Crippen molar-refractivity contribution in [2.24, 2.45) is 0 Å². The Hall–Kier alpha value is -3.29. The molecular weight excluding hydrogens is 371 g/mol. The highest BCUT2D eigenvalue weighted by atomic mass is 19.4. The summed E-state index contributed by atoms with van der Waals surface area (Å²) in [5, 5.41) is 6.71. The third-order valence-corrected chi connectivity index (χ3v) is 3.98. The number of carbonyl (C=O) groups excluding carboxylic acids is 1. The van der Waals surface area contributed by atoms with Crippen LogP contribution >= 0.6 is 0 Å². The van der Waals surface area contributed by atoms with Crippen LogP contribution in [-0.4, -0.2) is 15.9 Å². The van der Waals surface area contributed by atoms with Gasteiger partial charge in [-0.1, -0.05) is 31.5 Å². The van der Waals surface area contributed by atoms with Gasteiger partial charge in [0.15, 0.2) is 5.75 Å². The highest BCUT2D eigenvalue weighted by Gasteiger charge is 2.30. The zero-order valence-electron chi connectivity index (χ0n) is 15.0. The third-order valence-electron chi connectivity index (χ3n) is 3.98. The van der Waals surface area contributed by atoms with Crippen LogP contribution in [0, 0.1) is 0 Å². The van der Waals surface area contributed by atoms with Crippen LogP contribution < -0.4 is 10.1 Å². The third kappa shape index (κ3) is 4.51. The number of ether oxygens (including phenoxy) is 1. The minimum absolute atomic E-state index is 0.200. The maximum absolute atomic E-state index is 12.6. The quantitative estimate of drug-likeness (QED) is 0.631. The molecule has 1 N–H and O–H groups in total. The Bertz CT molecular complexity index is 936. The number of rotatable bonds is 5. The Morgan fingerprint density at radius 3 is 2.39 bits per heavy atom. The molecule has 0 bridgehead atoms. The van der Waals surface area contributed by atoms with E-state index in [1.807, 2.05) is 37.3 Å². The van der Waals surface area contributed by atoms with Crippen LogP contribution in [0.1, 0.15) is 24.6 Å². The second-order valence-corrected chi connectivity index (χ2v) is 6.04. The molecule has 1 aromatic heterocycles. The lowest BCUT2D eigenvalue weighted by molar-refractivity contribution is -0.137. The van der Waals surface area contributed by atoms with Gasteiger partial charge in [0.1, 0.15) is 0 Å². The van der Waals surface area contributed by atoms with Gasteiger partial charge in [0.05, 0.1) is 23.1 Å². The van der Waals surface area contributed by atoms with Gasteiger partial charge in [-0.3, -0.25) is 5.32 Å². The molecule has 0 aliphatic rings. The number of halogens is 3. The molecule has 0 spiro atoms. The van der Waals surface area contributed by atoms with Gasteiger partial charge in [-0.25, -0.2) is 9.48 Å². The number of benzene rings is 2. The summed E-state index contributed by atoms with van der Waals surface area (Å²) in [5.41, 5.74) is 0.978. The molecule has 3 aromatic rings. The number of nitrogens with one attached hydrogen (secondary N) is 1. The Balaban J connectivity index is 1.74. The Morgan fingerprint density at radius 1 is 1.11 bits per heavy atom. The van der Waals surface area contributed by atoms with E-state index in [0.717, 1.165) is 29.9 Å². The molecule has 0 aliphatic carbocycles. The first-order valence-electron chi connectivity index (χ1n) is 8.67. The van der Waals surface area contributed by atoms with Crippen molar-refractivity contribution in [3.05, 3.63) is 72.1 Å². The van der Waals surface area contributed by atoms with E-state index in [1.165, 1.54) is 18.3 Å². The van der Waals surface area contributed by atoms with Crippen molar-refractivity contribution in [1.82, 2.24) is 9.78 Å². The van der Waals surface area contributed by atoms with Gasteiger partial charge in [-0.15, -0.1) is 0 Å². The minimum Gasteiger partial charge on any atom is -0.406 e. The van der Waals surface area contributed by atoms with Gasteiger partial charge >= 0.3 is 12.3 Å². The van der Waals surface area contributed by atoms with Crippen LogP contribution in [-0.2, 0) is 12.6 Å². The molecule has 0 unspecified atom stereocenters. The van der Waals surface area contributed by atoms with Crippen molar-refractivity contribution in [3.8, 4) is 11.4 Å². The molecular formula is C20H18F3N3O2. The number of para-hydroxylation sites is 1. The van der Waals surface area contributed by atoms with E-state index in [-0.39, 0.29) is 5.69 Å². The monoisotopic (exact) mass is 389 g/mol. The van der Waals surface area contributed by atoms with E-state index in [2.05, 4.69) is 10.4 Å². The number of amides is 1. The predicted molar refractivity (Wildman–Crippen MR) is 98.6 cm³/mol. The first kappa shape index (κ1) is 19.5. The first-order chi connectivity index (χ1) is 13.4. The summed E-state index contributed by atoms with van der Waals surface area (Å²) >= 11 is 0. The molecule has 28 heavy (non-hydrogen) atoms. The number of hydrogen-bond donors (Lipinski definition) is 1. The van der Waals surface area contributed by atoms with Crippen LogP contribution in [0.25, 0.3) is 5.69 Å². The zero-order chi connectivity index (χ0) is 20.1. The zero-order valence-corrected chi connectivity index (χ0v) is 15.0. The van der Waals surface area contributed by atoms with Crippen molar-refractivity contribution in [1.29, 1.82) is 0 Å². The molecule has 1 heterocycles. The van der Waals surface area contributed by atoms with Crippen molar-refractivity contribution >= 4 is 11.8 Å². The maximum Gasteiger partial charge on any atom is 0.417 e. The van der Waals surface area contributed by atoms with Crippen molar-refractivity contribution in [3.63, 3.8) is 0 Å². The molecule has 0 fully saturated rings. The van der Waals surface area contributed by atoms with E-state index in [4.69, 9.17) is 4.74 Å².